The molecule has 0 bridgehead atoms. The van der Waals surface area contributed by atoms with Crippen LogP contribution in [-0.2, 0) is 29.1 Å². The average molecular weight is 586 g/mol. The highest BCUT2D eigenvalue weighted by atomic mass is 35.5. The first kappa shape index (κ1) is 29.8. The smallest absolute Gasteiger partial charge is 0.226 e. The van der Waals surface area contributed by atoms with Crippen molar-refractivity contribution in [2.75, 3.05) is 31.1 Å². The first-order chi connectivity index (χ1) is 20.4. The first-order valence-electron chi connectivity index (χ1n) is 15.0. The lowest BCUT2D eigenvalue weighted by Crippen LogP contribution is -2.38. The summed E-state index contributed by atoms with van der Waals surface area (Å²) in [5.74, 6) is 1.08. The number of hydrogen-bond donors (Lipinski definition) is 1. The number of nitrogens with zero attached hydrogens (tertiary/aromatic N) is 4. The Kier molecular flexibility index (Phi) is 9.93. The molecule has 0 atom stereocenters. The van der Waals surface area contributed by atoms with Gasteiger partial charge < -0.3 is 14.8 Å². The average Bonchev–Trinajstić information content (AvgIpc) is 3.35. The van der Waals surface area contributed by atoms with E-state index in [0.717, 1.165) is 66.1 Å². The van der Waals surface area contributed by atoms with Gasteiger partial charge in [0.1, 0.15) is 5.82 Å². The molecule has 2 amide bonds. The lowest BCUT2D eigenvalue weighted by molar-refractivity contribution is -0.132. The molecule has 7 nitrogen and oxygen atoms in total. The molecule has 1 aliphatic rings. The molecule has 0 fully saturated rings. The van der Waals surface area contributed by atoms with Crippen molar-refractivity contribution in [3.05, 3.63) is 94.3 Å². The SMILES string of the molecule is CCCC(=O)N1CCCN(Cc2ccccc2)CCN(C(=O)CCc2ccc3nc(C)[nH]c3c2)Cc2ccc(Cl)cc21. The second-order valence-electron chi connectivity index (χ2n) is 11.2. The summed E-state index contributed by atoms with van der Waals surface area (Å²) in [6.45, 7) is 8.00. The molecule has 220 valence electrons. The van der Waals surface area contributed by atoms with Crippen molar-refractivity contribution in [3.63, 3.8) is 0 Å². The maximum Gasteiger partial charge on any atom is 0.226 e. The zero-order valence-corrected chi connectivity index (χ0v) is 25.4. The lowest BCUT2D eigenvalue weighted by atomic mass is 10.1. The van der Waals surface area contributed by atoms with Crippen molar-refractivity contribution in [2.45, 2.75) is 59.0 Å². The number of aromatic amines is 1. The molecule has 1 N–H and O–H groups in total. The van der Waals surface area contributed by atoms with Gasteiger partial charge in [0.05, 0.1) is 16.7 Å². The summed E-state index contributed by atoms with van der Waals surface area (Å²) in [7, 11) is 0. The van der Waals surface area contributed by atoms with E-state index in [0.29, 0.717) is 43.9 Å². The Labute approximate surface area is 253 Å². The van der Waals surface area contributed by atoms with Gasteiger partial charge in [-0.2, -0.15) is 0 Å². The molecule has 0 saturated carbocycles. The molecule has 3 aromatic carbocycles. The summed E-state index contributed by atoms with van der Waals surface area (Å²) >= 11 is 6.46. The Hall–Kier alpha value is -3.68. The van der Waals surface area contributed by atoms with Gasteiger partial charge >= 0.3 is 0 Å². The summed E-state index contributed by atoms with van der Waals surface area (Å²) in [5.41, 5.74) is 6.03. The number of aromatic nitrogens is 2. The number of aryl methyl sites for hydroxylation is 2. The molecule has 1 aromatic heterocycles. The van der Waals surface area contributed by atoms with E-state index >= 15 is 0 Å². The number of rotatable bonds is 7. The van der Waals surface area contributed by atoms with Crippen LogP contribution in [0, 0.1) is 6.92 Å². The summed E-state index contributed by atoms with van der Waals surface area (Å²) in [5, 5.41) is 0.589. The maximum atomic E-state index is 13.8. The van der Waals surface area contributed by atoms with E-state index in [1.165, 1.54) is 5.56 Å². The van der Waals surface area contributed by atoms with Crippen molar-refractivity contribution in [2.24, 2.45) is 0 Å². The fourth-order valence-electron chi connectivity index (χ4n) is 5.72. The minimum Gasteiger partial charge on any atom is -0.342 e. The van der Waals surface area contributed by atoms with Gasteiger partial charge in [0.15, 0.2) is 0 Å². The highest BCUT2D eigenvalue weighted by Gasteiger charge is 2.24. The van der Waals surface area contributed by atoms with Crippen LogP contribution in [0.5, 0.6) is 0 Å². The van der Waals surface area contributed by atoms with Crippen LogP contribution in [0.3, 0.4) is 0 Å². The lowest BCUT2D eigenvalue weighted by Gasteiger charge is -2.28. The Morgan fingerprint density at radius 1 is 0.905 bits per heavy atom. The summed E-state index contributed by atoms with van der Waals surface area (Å²) in [6, 6.07) is 22.3. The van der Waals surface area contributed by atoms with Crippen molar-refractivity contribution in [1.29, 1.82) is 0 Å². The maximum absolute atomic E-state index is 13.8. The quantitative estimate of drug-likeness (QED) is 0.268. The largest absolute Gasteiger partial charge is 0.342 e. The molecule has 2 heterocycles. The van der Waals surface area contributed by atoms with Crippen LogP contribution in [0.2, 0.25) is 5.02 Å². The summed E-state index contributed by atoms with van der Waals surface area (Å²) in [6.07, 6.45) is 3.13. The van der Waals surface area contributed by atoms with Crippen LogP contribution in [0.4, 0.5) is 5.69 Å². The molecule has 42 heavy (non-hydrogen) atoms. The minimum atomic E-state index is 0.0946. The molecule has 0 aliphatic carbocycles. The van der Waals surface area contributed by atoms with Crippen molar-refractivity contribution >= 4 is 40.1 Å². The molecule has 0 unspecified atom stereocenters. The van der Waals surface area contributed by atoms with E-state index in [1.54, 1.807) is 0 Å². The fraction of sp³-hybridized carbons (Fsp3) is 0.382. The molecule has 1 aliphatic heterocycles. The second kappa shape index (κ2) is 14.0. The highest BCUT2D eigenvalue weighted by molar-refractivity contribution is 6.31. The van der Waals surface area contributed by atoms with Crippen molar-refractivity contribution in [3.8, 4) is 0 Å². The number of anilines is 1. The van der Waals surface area contributed by atoms with Gasteiger partial charge in [0.2, 0.25) is 11.8 Å². The minimum absolute atomic E-state index is 0.0946. The molecule has 0 radical (unpaired) electrons. The van der Waals surface area contributed by atoms with Crippen LogP contribution < -0.4 is 4.90 Å². The number of hydrogen-bond acceptors (Lipinski definition) is 4. The zero-order chi connectivity index (χ0) is 29.5. The van der Waals surface area contributed by atoms with Gasteiger partial charge in [0, 0.05) is 57.1 Å². The third-order valence-electron chi connectivity index (χ3n) is 7.90. The van der Waals surface area contributed by atoms with Crippen LogP contribution in [0.25, 0.3) is 11.0 Å². The number of nitrogens with one attached hydrogen (secondary N) is 1. The van der Waals surface area contributed by atoms with Crippen LogP contribution in [0.15, 0.2) is 66.7 Å². The van der Waals surface area contributed by atoms with Gasteiger partial charge in [-0.3, -0.25) is 14.5 Å². The number of halogens is 1. The zero-order valence-electron chi connectivity index (χ0n) is 24.6. The topological polar surface area (TPSA) is 72.5 Å². The van der Waals surface area contributed by atoms with Gasteiger partial charge in [0.25, 0.3) is 0 Å². The number of imidazole rings is 1. The van der Waals surface area contributed by atoms with E-state index in [1.807, 2.05) is 54.0 Å². The number of fused-ring (bicyclic) bond motifs is 2. The Balaban J connectivity index is 1.40. The number of amides is 2. The van der Waals surface area contributed by atoms with Crippen LogP contribution >= 0.6 is 11.6 Å². The molecular formula is C34H40ClN5O2. The highest BCUT2D eigenvalue weighted by Crippen LogP contribution is 2.28. The summed E-state index contributed by atoms with van der Waals surface area (Å²) < 4.78 is 0. The van der Waals surface area contributed by atoms with E-state index in [-0.39, 0.29) is 11.8 Å². The molecule has 0 saturated heterocycles. The summed E-state index contributed by atoms with van der Waals surface area (Å²) in [4.78, 5) is 41.2. The van der Waals surface area contributed by atoms with E-state index < -0.39 is 0 Å². The third kappa shape index (κ3) is 7.58. The van der Waals surface area contributed by atoms with E-state index in [9.17, 15) is 9.59 Å². The fourth-order valence-corrected chi connectivity index (χ4v) is 5.89. The van der Waals surface area contributed by atoms with E-state index in [4.69, 9.17) is 11.6 Å². The molecule has 8 heteroatoms. The van der Waals surface area contributed by atoms with E-state index in [2.05, 4.69) is 51.3 Å². The van der Waals surface area contributed by atoms with Crippen molar-refractivity contribution < 1.29 is 9.59 Å². The number of carbonyl (C=O) groups excluding carboxylic acids is 2. The standard InChI is InChI=1S/C34H40ClN5O2/c1-3-8-34(42)40-18-7-17-38(23-27-9-5-4-6-10-27)19-20-39(24-28-13-14-29(35)22-32(28)40)33(41)16-12-26-11-15-30-31(21-26)37-25(2)36-30/h4-6,9-11,13-15,21-22H,3,7-8,12,16-20,23-24H2,1-2H3,(H,36,37). The number of H-pyrrole nitrogens is 1. The first-order valence-corrected chi connectivity index (χ1v) is 15.4. The monoisotopic (exact) mass is 585 g/mol. The van der Waals surface area contributed by atoms with Crippen LogP contribution in [-0.4, -0.2) is 57.8 Å². The predicted molar refractivity (Wildman–Crippen MR) is 170 cm³/mol. The van der Waals surface area contributed by atoms with Crippen molar-refractivity contribution in [1.82, 2.24) is 19.8 Å². The van der Waals surface area contributed by atoms with Gasteiger partial charge in [-0.05, 0) is 67.1 Å². The second-order valence-corrected chi connectivity index (χ2v) is 11.6. The van der Waals surface area contributed by atoms with Gasteiger partial charge in [-0.1, -0.05) is 61.0 Å². The molecular weight excluding hydrogens is 546 g/mol. The third-order valence-corrected chi connectivity index (χ3v) is 8.14. The molecule has 5 rings (SSSR count). The Bertz CT molecular complexity index is 1520. The number of carbonyl (C=O) groups is 2. The van der Waals surface area contributed by atoms with Crippen LogP contribution in [0.1, 0.15) is 55.1 Å². The Morgan fingerprint density at radius 3 is 2.55 bits per heavy atom. The number of benzene rings is 3. The molecule has 4 aromatic rings. The molecule has 0 spiro atoms. The predicted octanol–water partition coefficient (Wildman–Crippen LogP) is 6.53. The van der Waals surface area contributed by atoms with Gasteiger partial charge in [-0.25, -0.2) is 4.98 Å². The van der Waals surface area contributed by atoms with Gasteiger partial charge in [-0.15, -0.1) is 0 Å². The normalized spacial score (nSPS) is 14.9. The Morgan fingerprint density at radius 2 is 1.74 bits per heavy atom.